The molecule has 0 radical (unpaired) electrons. The van der Waals surface area contributed by atoms with Gasteiger partial charge in [0, 0.05) is 18.6 Å². The molecule has 0 bridgehead atoms. The predicted octanol–water partition coefficient (Wildman–Crippen LogP) is 1.68. The van der Waals surface area contributed by atoms with Crippen LogP contribution in [0.15, 0.2) is 12.2 Å². The van der Waals surface area contributed by atoms with Crippen molar-refractivity contribution in [1.82, 2.24) is 10.6 Å². The van der Waals surface area contributed by atoms with Gasteiger partial charge in [-0.3, -0.25) is 0 Å². The summed E-state index contributed by atoms with van der Waals surface area (Å²) in [5, 5.41) is 7.16. The quantitative estimate of drug-likeness (QED) is 0.629. The second-order valence-corrected chi connectivity index (χ2v) is 4.80. The molecule has 2 rings (SSSR count). The summed E-state index contributed by atoms with van der Waals surface area (Å²) >= 11 is 0. The molecule has 0 heterocycles. The molecule has 2 N–H and O–H groups in total. The van der Waals surface area contributed by atoms with E-state index in [-0.39, 0.29) is 0 Å². The Morgan fingerprint density at radius 3 is 2.64 bits per heavy atom. The van der Waals surface area contributed by atoms with Gasteiger partial charge < -0.3 is 10.6 Å². The van der Waals surface area contributed by atoms with Crippen LogP contribution < -0.4 is 10.6 Å². The lowest BCUT2D eigenvalue weighted by Gasteiger charge is -2.17. The van der Waals surface area contributed by atoms with E-state index >= 15 is 0 Å². The summed E-state index contributed by atoms with van der Waals surface area (Å²) < 4.78 is 0. The van der Waals surface area contributed by atoms with E-state index in [2.05, 4.69) is 29.7 Å². The molecule has 0 aromatic rings. The van der Waals surface area contributed by atoms with Crippen LogP contribution in [0.1, 0.15) is 32.6 Å². The van der Waals surface area contributed by atoms with Crippen LogP contribution in [-0.4, -0.2) is 25.2 Å². The van der Waals surface area contributed by atoms with E-state index in [4.69, 9.17) is 0 Å². The molecule has 0 aromatic carbocycles. The first-order valence-corrected chi connectivity index (χ1v) is 5.96. The second-order valence-electron chi connectivity index (χ2n) is 4.80. The highest BCUT2D eigenvalue weighted by atomic mass is 15.0. The standard InChI is InChI=1S/C12H22N2/c1-10(8-14-12-6-7-12)13-9-11-4-2-3-5-11/h2-3,10-14H,4-9H2,1H3. The number of hydrogen-bond donors (Lipinski definition) is 2. The molecule has 2 aliphatic rings. The fourth-order valence-electron chi connectivity index (χ4n) is 1.91. The molecule has 1 fully saturated rings. The van der Waals surface area contributed by atoms with Crippen molar-refractivity contribution in [3.63, 3.8) is 0 Å². The maximum atomic E-state index is 3.61. The van der Waals surface area contributed by atoms with Gasteiger partial charge in [-0.25, -0.2) is 0 Å². The van der Waals surface area contributed by atoms with Crippen molar-refractivity contribution in [3.05, 3.63) is 12.2 Å². The van der Waals surface area contributed by atoms with Crippen molar-refractivity contribution in [1.29, 1.82) is 0 Å². The molecule has 0 amide bonds. The number of nitrogens with one attached hydrogen (secondary N) is 2. The van der Waals surface area contributed by atoms with Crippen molar-refractivity contribution >= 4 is 0 Å². The van der Waals surface area contributed by atoms with E-state index < -0.39 is 0 Å². The average molecular weight is 194 g/mol. The number of hydrogen-bond acceptors (Lipinski definition) is 2. The molecule has 0 spiro atoms. The minimum absolute atomic E-state index is 0.621. The third kappa shape index (κ3) is 3.43. The van der Waals surface area contributed by atoms with E-state index in [1.807, 2.05) is 0 Å². The van der Waals surface area contributed by atoms with Crippen LogP contribution in [0.2, 0.25) is 0 Å². The van der Waals surface area contributed by atoms with Crippen LogP contribution in [-0.2, 0) is 0 Å². The van der Waals surface area contributed by atoms with Crippen molar-refractivity contribution in [2.45, 2.75) is 44.7 Å². The highest BCUT2D eigenvalue weighted by Crippen LogP contribution is 2.18. The lowest BCUT2D eigenvalue weighted by molar-refractivity contribution is 0.437. The average Bonchev–Trinajstić information content (AvgIpc) is 2.87. The van der Waals surface area contributed by atoms with Gasteiger partial charge in [0.15, 0.2) is 0 Å². The van der Waals surface area contributed by atoms with Crippen LogP contribution in [0.4, 0.5) is 0 Å². The van der Waals surface area contributed by atoms with Gasteiger partial charge in [-0.1, -0.05) is 12.2 Å². The minimum atomic E-state index is 0.621. The fraction of sp³-hybridized carbons (Fsp3) is 0.833. The Morgan fingerprint density at radius 2 is 2.00 bits per heavy atom. The molecule has 80 valence electrons. The largest absolute Gasteiger partial charge is 0.313 e. The Kier molecular flexibility index (Phi) is 3.60. The maximum absolute atomic E-state index is 3.61. The third-order valence-electron chi connectivity index (χ3n) is 3.15. The van der Waals surface area contributed by atoms with Gasteiger partial charge in [-0.15, -0.1) is 0 Å². The maximum Gasteiger partial charge on any atom is 0.0164 e. The minimum Gasteiger partial charge on any atom is -0.313 e. The normalized spacial score (nSPS) is 24.4. The molecule has 0 saturated heterocycles. The molecule has 0 aliphatic heterocycles. The van der Waals surface area contributed by atoms with Gasteiger partial charge in [0.2, 0.25) is 0 Å². The molecule has 1 unspecified atom stereocenters. The van der Waals surface area contributed by atoms with Crippen LogP contribution in [0, 0.1) is 5.92 Å². The summed E-state index contributed by atoms with van der Waals surface area (Å²) in [6.07, 6.45) is 9.93. The molecule has 2 aliphatic carbocycles. The first-order valence-electron chi connectivity index (χ1n) is 5.96. The summed E-state index contributed by atoms with van der Waals surface area (Å²) in [6.45, 7) is 4.59. The summed E-state index contributed by atoms with van der Waals surface area (Å²) in [5.41, 5.74) is 0. The van der Waals surface area contributed by atoms with Gasteiger partial charge in [-0.05, 0) is 45.1 Å². The zero-order chi connectivity index (χ0) is 9.80. The molecule has 2 heteroatoms. The Balaban J connectivity index is 1.50. The zero-order valence-corrected chi connectivity index (χ0v) is 9.13. The van der Waals surface area contributed by atoms with Crippen molar-refractivity contribution in [2.24, 2.45) is 5.92 Å². The van der Waals surface area contributed by atoms with Gasteiger partial charge in [0.05, 0.1) is 0 Å². The Bertz CT molecular complexity index is 188. The number of allylic oxidation sites excluding steroid dienone is 2. The molecular weight excluding hydrogens is 172 g/mol. The predicted molar refractivity (Wildman–Crippen MR) is 60.4 cm³/mol. The summed E-state index contributed by atoms with van der Waals surface area (Å²) in [4.78, 5) is 0. The molecule has 2 nitrogen and oxygen atoms in total. The third-order valence-corrected chi connectivity index (χ3v) is 3.15. The highest BCUT2D eigenvalue weighted by Gasteiger charge is 2.20. The first-order chi connectivity index (χ1) is 6.84. The molecule has 1 atom stereocenters. The summed E-state index contributed by atoms with van der Waals surface area (Å²) in [7, 11) is 0. The Morgan fingerprint density at radius 1 is 1.29 bits per heavy atom. The van der Waals surface area contributed by atoms with E-state index in [0.717, 1.165) is 18.5 Å². The monoisotopic (exact) mass is 194 g/mol. The summed E-state index contributed by atoms with van der Waals surface area (Å²) in [5.74, 6) is 0.860. The van der Waals surface area contributed by atoms with Crippen LogP contribution in [0.3, 0.4) is 0 Å². The van der Waals surface area contributed by atoms with Crippen molar-refractivity contribution in [3.8, 4) is 0 Å². The zero-order valence-electron chi connectivity index (χ0n) is 9.13. The Labute approximate surface area is 87.2 Å². The van der Waals surface area contributed by atoms with Crippen LogP contribution in [0.25, 0.3) is 0 Å². The van der Waals surface area contributed by atoms with Gasteiger partial charge >= 0.3 is 0 Å². The van der Waals surface area contributed by atoms with Gasteiger partial charge in [0.1, 0.15) is 0 Å². The Hall–Kier alpha value is -0.340. The topological polar surface area (TPSA) is 24.1 Å². The molecular formula is C12H22N2. The molecule has 0 aromatic heterocycles. The van der Waals surface area contributed by atoms with E-state index in [1.54, 1.807) is 0 Å². The van der Waals surface area contributed by atoms with E-state index in [9.17, 15) is 0 Å². The van der Waals surface area contributed by atoms with E-state index in [0.29, 0.717) is 6.04 Å². The fourth-order valence-corrected chi connectivity index (χ4v) is 1.91. The van der Waals surface area contributed by atoms with Crippen molar-refractivity contribution < 1.29 is 0 Å². The van der Waals surface area contributed by atoms with Gasteiger partial charge in [-0.2, -0.15) is 0 Å². The van der Waals surface area contributed by atoms with Crippen LogP contribution in [0.5, 0.6) is 0 Å². The van der Waals surface area contributed by atoms with Crippen LogP contribution >= 0.6 is 0 Å². The lowest BCUT2D eigenvalue weighted by Crippen LogP contribution is -2.39. The number of rotatable bonds is 6. The summed E-state index contributed by atoms with van der Waals surface area (Å²) in [6, 6.07) is 1.46. The highest BCUT2D eigenvalue weighted by molar-refractivity contribution is 4.95. The van der Waals surface area contributed by atoms with Gasteiger partial charge in [0.25, 0.3) is 0 Å². The SMILES string of the molecule is CC(CNC1CC1)NCC1CC=CC1. The smallest absolute Gasteiger partial charge is 0.0164 e. The molecule has 1 saturated carbocycles. The van der Waals surface area contributed by atoms with Crippen molar-refractivity contribution in [2.75, 3.05) is 13.1 Å². The molecule has 14 heavy (non-hydrogen) atoms. The lowest BCUT2D eigenvalue weighted by atomic mass is 10.1. The second kappa shape index (κ2) is 4.94. The van der Waals surface area contributed by atoms with E-state index in [1.165, 1.54) is 32.2 Å². The first kappa shape index (κ1) is 10.2.